The number of methoxy groups -OCH3 is 1. The van der Waals surface area contributed by atoms with Gasteiger partial charge in [-0.3, -0.25) is 14.9 Å². The van der Waals surface area contributed by atoms with E-state index in [0.29, 0.717) is 10.5 Å². The molecule has 2 aromatic rings. The van der Waals surface area contributed by atoms with Gasteiger partial charge in [-0.1, -0.05) is 23.9 Å². The standard InChI is InChI=1S/C16H11NO5S/c1-22-16-11(18)7-6-9(14(16)17(20)21)8-13-15(19)10-4-2-3-5-12(10)23-13/h2-8,18H,1H3/b13-8-. The zero-order chi connectivity index (χ0) is 16.6. The van der Waals surface area contributed by atoms with Gasteiger partial charge in [0.2, 0.25) is 11.5 Å². The number of ketones is 1. The summed E-state index contributed by atoms with van der Waals surface area (Å²) in [6, 6.07) is 9.83. The first kappa shape index (κ1) is 15.1. The second-order valence-corrected chi connectivity index (χ2v) is 5.83. The van der Waals surface area contributed by atoms with Crippen LogP contribution in [0.25, 0.3) is 6.08 Å². The van der Waals surface area contributed by atoms with Gasteiger partial charge in [0.15, 0.2) is 5.75 Å². The van der Waals surface area contributed by atoms with E-state index in [1.807, 2.05) is 12.1 Å². The van der Waals surface area contributed by atoms with E-state index in [-0.39, 0.29) is 28.5 Å². The number of nitro benzene ring substituents is 1. The van der Waals surface area contributed by atoms with Crippen LogP contribution in [0, 0.1) is 10.1 Å². The van der Waals surface area contributed by atoms with Crippen LogP contribution in [-0.4, -0.2) is 22.9 Å². The first-order valence-electron chi connectivity index (χ1n) is 6.60. The number of phenolic OH excluding ortho intramolecular Hbond substituents is 1. The van der Waals surface area contributed by atoms with Gasteiger partial charge in [0.1, 0.15) is 0 Å². The van der Waals surface area contributed by atoms with Gasteiger partial charge in [0, 0.05) is 10.5 Å². The van der Waals surface area contributed by atoms with Crippen molar-refractivity contribution < 1.29 is 19.6 Å². The maximum atomic E-state index is 12.4. The Kier molecular flexibility index (Phi) is 3.79. The lowest BCUT2D eigenvalue weighted by Crippen LogP contribution is -1.98. The van der Waals surface area contributed by atoms with Crippen molar-refractivity contribution in [3.8, 4) is 11.5 Å². The Hall–Kier alpha value is -2.80. The van der Waals surface area contributed by atoms with Crippen molar-refractivity contribution in [3.05, 3.63) is 62.5 Å². The van der Waals surface area contributed by atoms with Crippen molar-refractivity contribution in [2.75, 3.05) is 7.11 Å². The number of hydrogen-bond acceptors (Lipinski definition) is 6. The van der Waals surface area contributed by atoms with Crippen LogP contribution in [0.3, 0.4) is 0 Å². The molecule has 3 rings (SSSR count). The predicted molar refractivity (Wildman–Crippen MR) is 85.9 cm³/mol. The third-order valence-corrected chi connectivity index (χ3v) is 4.49. The number of carbonyl (C=O) groups excluding carboxylic acids is 1. The third-order valence-electron chi connectivity index (χ3n) is 3.39. The molecule has 0 radical (unpaired) electrons. The number of phenols is 1. The number of ether oxygens (including phenoxy) is 1. The van der Waals surface area contributed by atoms with E-state index in [1.54, 1.807) is 12.1 Å². The van der Waals surface area contributed by atoms with E-state index in [1.165, 1.54) is 37.1 Å². The molecule has 2 aromatic carbocycles. The Balaban J connectivity index is 2.11. The van der Waals surface area contributed by atoms with Gasteiger partial charge < -0.3 is 9.84 Å². The largest absolute Gasteiger partial charge is 0.504 e. The van der Waals surface area contributed by atoms with Crippen molar-refractivity contribution in [3.63, 3.8) is 0 Å². The number of hydrogen-bond donors (Lipinski definition) is 1. The normalized spacial score (nSPS) is 14.8. The number of nitro groups is 1. The van der Waals surface area contributed by atoms with Crippen LogP contribution in [0.5, 0.6) is 11.5 Å². The van der Waals surface area contributed by atoms with Crippen molar-refractivity contribution in [2.45, 2.75) is 4.90 Å². The number of benzene rings is 2. The number of fused-ring (bicyclic) bond motifs is 1. The molecule has 0 unspecified atom stereocenters. The number of Topliss-reactive ketones (excluding diaryl/α,β-unsaturated/α-hetero) is 1. The lowest BCUT2D eigenvalue weighted by atomic mass is 10.1. The van der Waals surface area contributed by atoms with Crippen molar-refractivity contribution >= 4 is 29.3 Å². The molecule has 1 heterocycles. The van der Waals surface area contributed by atoms with Gasteiger partial charge in [-0.05, 0) is 30.3 Å². The summed E-state index contributed by atoms with van der Waals surface area (Å²) in [5, 5.41) is 21.0. The highest BCUT2D eigenvalue weighted by atomic mass is 32.2. The number of allylic oxidation sites excluding steroid dienone is 1. The molecule has 0 saturated carbocycles. The fourth-order valence-corrected chi connectivity index (χ4v) is 3.40. The van der Waals surface area contributed by atoms with E-state index in [9.17, 15) is 20.0 Å². The SMILES string of the molecule is COc1c(O)ccc(/C=C2\Sc3ccccc3C2=O)c1[N+](=O)[O-]. The molecular weight excluding hydrogens is 318 g/mol. The summed E-state index contributed by atoms with van der Waals surface area (Å²) in [5.74, 6) is -0.723. The van der Waals surface area contributed by atoms with E-state index >= 15 is 0 Å². The molecule has 0 aliphatic carbocycles. The molecular formula is C16H11NO5S. The molecule has 0 atom stereocenters. The molecule has 0 amide bonds. The second-order valence-electron chi connectivity index (χ2n) is 4.75. The summed E-state index contributed by atoms with van der Waals surface area (Å²) in [5.41, 5.74) is 0.412. The zero-order valence-electron chi connectivity index (χ0n) is 12.0. The minimum absolute atomic E-state index is 0.174. The van der Waals surface area contributed by atoms with Crippen LogP contribution in [0.15, 0.2) is 46.2 Å². The molecule has 7 heteroatoms. The summed E-state index contributed by atoms with van der Waals surface area (Å²) in [7, 11) is 1.24. The third kappa shape index (κ3) is 2.55. The molecule has 23 heavy (non-hydrogen) atoms. The van der Waals surface area contributed by atoms with Gasteiger partial charge in [-0.15, -0.1) is 0 Å². The van der Waals surface area contributed by atoms with Gasteiger partial charge in [-0.2, -0.15) is 0 Å². The molecule has 1 aliphatic rings. The number of rotatable bonds is 3. The van der Waals surface area contributed by atoms with Crippen LogP contribution >= 0.6 is 11.8 Å². The van der Waals surface area contributed by atoms with E-state index in [4.69, 9.17) is 4.74 Å². The first-order chi connectivity index (χ1) is 11.0. The minimum Gasteiger partial charge on any atom is -0.504 e. The maximum Gasteiger partial charge on any atom is 0.322 e. The Bertz CT molecular complexity index is 860. The zero-order valence-corrected chi connectivity index (χ0v) is 12.8. The Morgan fingerprint density at radius 1 is 1.26 bits per heavy atom. The van der Waals surface area contributed by atoms with Crippen LogP contribution in [-0.2, 0) is 0 Å². The Morgan fingerprint density at radius 2 is 2.00 bits per heavy atom. The maximum absolute atomic E-state index is 12.4. The topological polar surface area (TPSA) is 89.7 Å². The lowest BCUT2D eigenvalue weighted by Gasteiger charge is -2.06. The molecule has 0 aromatic heterocycles. The van der Waals surface area contributed by atoms with E-state index < -0.39 is 4.92 Å². The van der Waals surface area contributed by atoms with Gasteiger partial charge in [-0.25, -0.2) is 0 Å². The molecule has 0 spiro atoms. The Morgan fingerprint density at radius 3 is 2.65 bits per heavy atom. The van der Waals surface area contributed by atoms with E-state index in [0.717, 1.165) is 4.90 Å². The predicted octanol–water partition coefficient (Wildman–Crippen LogP) is 3.64. The summed E-state index contributed by atoms with van der Waals surface area (Å²) < 4.78 is 4.92. The smallest absolute Gasteiger partial charge is 0.322 e. The number of thioether (sulfide) groups is 1. The molecule has 1 N–H and O–H groups in total. The van der Waals surface area contributed by atoms with Gasteiger partial charge in [0.05, 0.1) is 22.5 Å². The molecule has 0 bridgehead atoms. The van der Waals surface area contributed by atoms with Crippen LogP contribution in [0.2, 0.25) is 0 Å². The highest BCUT2D eigenvalue weighted by molar-refractivity contribution is 8.04. The lowest BCUT2D eigenvalue weighted by molar-refractivity contribution is -0.386. The summed E-state index contributed by atoms with van der Waals surface area (Å²) >= 11 is 1.26. The fraction of sp³-hybridized carbons (Fsp3) is 0.0625. The average Bonchev–Trinajstić information content (AvgIpc) is 2.85. The monoisotopic (exact) mass is 329 g/mol. The molecule has 0 fully saturated rings. The minimum atomic E-state index is -0.637. The Labute approximate surface area is 135 Å². The number of carbonyl (C=O) groups is 1. The molecule has 0 saturated heterocycles. The van der Waals surface area contributed by atoms with E-state index in [2.05, 4.69) is 0 Å². The van der Waals surface area contributed by atoms with Crippen LogP contribution < -0.4 is 4.74 Å². The number of aromatic hydroxyl groups is 1. The molecule has 6 nitrogen and oxygen atoms in total. The van der Waals surface area contributed by atoms with Crippen molar-refractivity contribution in [2.24, 2.45) is 0 Å². The van der Waals surface area contributed by atoms with Crippen LogP contribution in [0.1, 0.15) is 15.9 Å². The summed E-state index contributed by atoms with van der Waals surface area (Å²) in [6.07, 6.45) is 1.45. The van der Waals surface area contributed by atoms with Crippen molar-refractivity contribution in [1.29, 1.82) is 0 Å². The first-order valence-corrected chi connectivity index (χ1v) is 7.42. The summed E-state index contributed by atoms with van der Waals surface area (Å²) in [6.45, 7) is 0. The average molecular weight is 329 g/mol. The number of nitrogens with zero attached hydrogens (tertiary/aromatic N) is 1. The highest BCUT2D eigenvalue weighted by Gasteiger charge is 2.28. The molecule has 116 valence electrons. The second kappa shape index (κ2) is 5.77. The molecule has 1 aliphatic heterocycles. The van der Waals surface area contributed by atoms with Gasteiger partial charge in [0.25, 0.3) is 0 Å². The van der Waals surface area contributed by atoms with Crippen LogP contribution in [0.4, 0.5) is 5.69 Å². The fourth-order valence-electron chi connectivity index (χ4n) is 2.36. The summed E-state index contributed by atoms with van der Waals surface area (Å²) in [4.78, 5) is 24.3. The highest BCUT2D eigenvalue weighted by Crippen LogP contribution is 2.44. The quantitative estimate of drug-likeness (QED) is 0.525. The van der Waals surface area contributed by atoms with Gasteiger partial charge >= 0.3 is 5.69 Å². The van der Waals surface area contributed by atoms with Crippen molar-refractivity contribution in [1.82, 2.24) is 0 Å².